The third kappa shape index (κ3) is 0.958. The van der Waals surface area contributed by atoms with Crippen molar-refractivity contribution in [2.45, 2.75) is 19.8 Å². The molecule has 4 heteroatoms. The summed E-state index contributed by atoms with van der Waals surface area (Å²) in [6, 6.07) is 0. The van der Waals surface area contributed by atoms with Gasteiger partial charge in [-0.05, 0) is 5.92 Å². The zero-order chi connectivity index (χ0) is 8.55. The first-order chi connectivity index (χ1) is 5.79. The molecule has 0 N–H and O–H groups in total. The Labute approximate surface area is 69.7 Å². The second-order valence-electron chi connectivity index (χ2n) is 2.92. The summed E-state index contributed by atoms with van der Waals surface area (Å²) in [6.07, 6.45) is 2.91. The molecule has 0 spiro atoms. The molecule has 0 unspecified atom stereocenters. The van der Waals surface area contributed by atoms with E-state index in [-0.39, 0.29) is 0 Å². The van der Waals surface area contributed by atoms with E-state index >= 15 is 0 Å². The molecule has 0 aliphatic heterocycles. The van der Waals surface area contributed by atoms with E-state index in [1.807, 2.05) is 0 Å². The van der Waals surface area contributed by atoms with Crippen LogP contribution < -0.4 is 0 Å². The average molecular weight is 163 g/mol. The van der Waals surface area contributed by atoms with E-state index in [2.05, 4.69) is 28.8 Å². The van der Waals surface area contributed by atoms with Crippen molar-refractivity contribution in [3.63, 3.8) is 0 Å². The fraction of sp³-hybridized carbons (Fsp3) is 0.375. The molecule has 0 radical (unpaired) electrons. The smallest absolute Gasteiger partial charge is 0.201 e. The minimum Gasteiger partial charge on any atom is -0.440 e. The molecular formula is C8H9N3O. The Kier molecular flexibility index (Phi) is 1.53. The third-order valence-electron chi connectivity index (χ3n) is 1.70. The molecule has 0 atom stereocenters. The highest BCUT2D eigenvalue weighted by atomic mass is 16.3. The lowest BCUT2D eigenvalue weighted by Crippen LogP contribution is -1.93. The van der Waals surface area contributed by atoms with Crippen molar-refractivity contribution >= 4 is 11.2 Å². The number of nitrogens with zero attached hydrogens (tertiary/aromatic N) is 3. The summed E-state index contributed by atoms with van der Waals surface area (Å²) in [6.45, 7) is 4.12. The van der Waals surface area contributed by atoms with E-state index in [0.29, 0.717) is 17.1 Å². The second-order valence-corrected chi connectivity index (χ2v) is 2.92. The van der Waals surface area contributed by atoms with Crippen molar-refractivity contribution in [2.75, 3.05) is 0 Å². The highest BCUT2D eigenvalue weighted by molar-refractivity contribution is 5.69. The SMILES string of the molecule is CC(C)c1ncnc2ncoc12. The molecule has 0 fully saturated rings. The largest absolute Gasteiger partial charge is 0.440 e. The molecule has 0 saturated heterocycles. The van der Waals surface area contributed by atoms with Crippen LogP contribution in [0.5, 0.6) is 0 Å². The zero-order valence-electron chi connectivity index (χ0n) is 6.98. The van der Waals surface area contributed by atoms with Crippen LogP contribution >= 0.6 is 0 Å². The maximum Gasteiger partial charge on any atom is 0.201 e. The Balaban J connectivity index is 2.73. The van der Waals surface area contributed by atoms with E-state index in [0.717, 1.165) is 5.69 Å². The minimum atomic E-state index is 0.337. The first-order valence-corrected chi connectivity index (χ1v) is 3.83. The highest BCUT2D eigenvalue weighted by Crippen LogP contribution is 2.19. The lowest BCUT2D eigenvalue weighted by atomic mass is 10.1. The van der Waals surface area contributed by atoms with Crippen molar-refractivity contribution in [3.8, 4) is 0 Å². The van der Waals surface area contributed by atoms with Gasteiger partial charge in [0.15, 0.2) is 12.0 Å². The van der Waals surface area contributed by atoms with Gasteiger partial charge in [0.1, 0.15) is 6.33 Å². The monoisotopic (exact) mass is 163 g/mol. The molecule has 4 nitrogen and oxygen atoms in total. The fourth-order valence-electron chi connectivity index (χ4n) is 1.12. The predicted octanol–water partition coefficient (Wildman–Crippen LogP) is 1.74. The van der Waals surface area contributed by atoms with Crippen molar-refractivity contribution in [1.29, 1.82) is 0 Å². The summed E-state index contributed by atoms with van der Waals surface area (Å²) in [5, 5.41) is 0. The quantitative estimate of drug-likeness (QED) is 0.642. The van der Waals surface area contributed by atoms with E-state index in [4.69, 9.17) is 4.42 Å². The van der Waals surface area contributed by atoms with Crippen LogP contribution in [0.15, 0.2) is 17.1 Å². The Morgan fingerprint density at radius 2 is 2.08 bits per heavy atom. The molecule has 0 amide bonds. The Hall–Kier alpha value is -1.45. The van der Waals surface area contributed by atoms with Gasteiger partial charge in [-0.25, -0.2) is 9.97 Å². The van der Waals surface area contributed by atoms with E-state index in [9.17, 15) is 0 Å². The summed E-state index contributed by atoms with van der Waals surface area (Å²) in [4.78, 5) is 12.0. The maximum absolute atomic E-state index is 5.17. The van der Waals surface area contributed by atoms with Crippen molar-refractivity contribution in [2.24, 2.45) is 0 Å². The van der Waals surface area contributed by atoms with Crippen LogP contribution in [0.2, 0.25) is 0 Å². The van der Waals surface area contributed by atoms with Gasteiger partial charge in [-0.2, -0.15) is 4.98 Å². The molecule has 2 rings (SSSR count). The van der Waals surface area contributed by atoms with E-state index in [1.54, 1.807) is 0 Å². The predicted molar refractivity (Wildman–Crippen MR) is 43.7 cm³/mol. The molecule has 62 valence electrons. The number of aromatic nitrogens is 3. The van der Waals surface area contributed by atoms with Gasteiger partial charge in [-0.1, -0.05) is 13.8 Å². The zero-order valence-corrected chi connectivity index (χ0v) is 6.98. The van der Waals surface area contributed by atoms with Crippen molar-refractivity contribution in [3.05, 3.63) is 18.4 Å². The van der Waals surface area contributed by atoms with Crippen molar-refractivity contribution in [1.82, 2.24) is 15.0 Å². The van der Waals surface area contributed by atoms with Gasteiger partial charge in [-0.15, -0.1) is 0 Å². The standard InChI is InChI=1S/C8H9N3O/c1-5(2)6-7-8(10-3-9-6)11-4-12-7/h3-5H,1-2H3. The molecule has 2 heterocycles. The molecule has 0 bridgehead atoms. The van der Waals surface area contributed by atoms with Crippen LogP contribution in [0.4, 0.5) is 0 Å². The number of fused-ring (bicyclic) bond motifs is 1. The van der Waals surface area contributed by atoms with Crippen LogP contribution in [0.1, 0.15) is 25.5 Å². The molecule has 0 aromatic carbocycles. The van der Waals surface area contributed by atoms with Gasteiger partial charge in [0.05, 0.1) is 5.69 Å². The minimum absolute atomic E-state index is 0.337. The topological polar surface area (TPSA) is 51.8 Å². The van der Waals surface area contributed by atoms with E-state index < -0.39 is 0 Å². The molecule has 2 aromatic rings. The first-order valence-electron chi connectivity index (χ1n) is 3.83. The van der Waals surface area contributed by atoms with Crippen molar-refractivity contribution < 1.29 is 4.42 Å². The molecule has 0 aliphatic carbocycles. The number of hydrogen-bond donors (Lipinski definition) is 0. The molecule has 0 saturated carbocycles. The van der Waals surface area contributed by atoms with Crippen LogP contribution in [0.3, 0.4) is 0 Å². The summed E-state index contributed by atoms with van der Waals surface area (Å²) in [5.74, 6) is 0.337. The summed E-state index contributed by atoms with van der Waals surface area (Å²) < 4.78 is 5.17. The average Bonchev–Trinajstić information content (AvgIpc) is 2.49. The lowest BCUT2D eigenvalue weighted by molar-refractivity contribution is 0.590. The number of rotatable bonds is 1. The third-order valence-corrected chi connectivity index (χ3v) is 1.70. The number of oxazole rings is 1. The molecule has 2 aromatic heterocycles. The normalized spacial score (nSPS) is 11.2. The van der Waals surface area contributed by atoms with Crippen LogP contribution in [-0.2, 0) is 0 Å². The van der Waals surface area contributed by atoms with Crippen LogP contribution in [0.25, 0.3) is 11.2 Å². The maximum atomic E-state index is 5.17. The van der Waals surface area contributed by atoms with Gasteiger partial charge in [0.2, 0.25) is 5.65 Å². The first kappa shape index (κ1) is 7.21. The fourth-order valence-corrected chi connectivity index (χ4v) is 1.12. The molecule has 12 heavy (non-hydrogen) atoms. The Morgan fingerprint density at radius 3 is 2.83 bits per heavy atom. The van der Waals surface area contributed by atoms with E-state index in [1.165, 1.54) is 12.7 Å². The van der Waals surface area contributed by atoms with Gasteiger partial charge in [-0.3, -0.25) is 0 Å². The highest BCUT2D eigenvalue weighted by Gasteiger charge is 2.10. The summed E-state index contributed by atoms with van der Waals surface area (Å²) in [5.41, 5.74) is 2.25. The molecule has 0 aliphatic rings. The van der Waals surface area contributed by atoms with Gasteiger partial charge >= 0.3 is 0 Å². The Bertz CT molecular complexity index is 394. The summed E-state index contributed by atoms with van der Waals surface area (Å²) >= 11 is 0. The van der Waals surface area contributed by atoms with Gasteiger partial charge in [0.25, 0.3) is 0 Å². The Morgan fingerprint density at radius 1 is 1.25 bits per heavy atom. The second kappa shape index (κ2) is 2.55. The molecular weight excluding hydrogens is 154 g/mol. The lowest BCUT2D eigenvalue weighted by Gasteiger charge is -2.01. The van der Waals surface area contributed by atoms with Gasteiger partial charge in [0, 0.05) is 0 Å². The van der Waals surface area contributed by atoms with Gasteiger partial charge < -0.3 is 4.42 Å². The van der Waals surface area contributed by atoms with Crippen LogP contribution in [0, 0.1) is 0 Å². The summed E-state index contributed by atoms with van der Waals surface area (Å²) in [7, 11) is 0. The van der Waals surface area contributed by atoms with Crippen LogP contribution in [-0.4, -0.2) is 15.0 Å². The number of hydrogen-bond acceptors (Lipinski definition) is 4.